The molecule has 7 heteroatoms. The van der Waals surface area contributed by atoms with Gasteiger partial charge in [-0.05, 0) is 55.0 Å². The summed E-state index contributed by atoms with van der Waals surface area (Å²) in [5.41, 5.74) is 3.99. The Kier molecular flexibility index (Phi) is 8.25. The predicted molar refractivity (Wildman–Crippen MR) is 155 cm³/mol. The second kappa shape index (κ2) is 11.8. The van der Waals surface area contributed by atoms with Gasteiger partial charge in [0, 0.05) is 48.0 Å². The van der Waals surface area contributed by atoms with Crippen molar-refractivity contribution in [2.75, 3.05) is 19.6 Å². The van der Waals surface area contributed by atoms with Gasteiger partial charge in [-0.3, -0.25) is 9.59 Å². The third kappa shape index (κ3) is 6.00. The molecule has 2 amide bonds. The molecule has 1 fully saturated rings. The monoisotopic (exact) mass is 549 g/mol. The Hall–Kier alpha value is -3.02. The van der Waals surface area contributed by atoms with Gasteiger partial charge in [0.1, 0.15) is 5.69 Å². The summed E-state index contributed by atoms with van der Waals surface area (Å²) in [6, 6.07) is 17.8. The summed E-state index contributed by atoms with van der Waals surface area (Å²) in [5.74, 6) is 0.328. The van der Waals surface area contributed by atoms with E-state index in [9.17, 15) is 9.59 Å². The van der Waals surface area contributed by atoms with Gasteiger partial charge in [-0.2, -0.15) is 0 Å². The molecule has 0 spiro atoms. The van der Waals surface area contributed by atoms with Crippen LogP contribution in [0.5, 0.6) is 0 Å². The zero-order valence-electron chi connectivity index (χ0n) is 21.6. The molecule has 0 saturated carbocycles. The van der Waals surface area contributed by atoms with Gasteiger partial charge in [0.05, 0.1) is 5.38 Å². The molecule has 1 N–H and O–H groups in total. The zero-order valence-corrected chi connectivity index (χ0v) is 23.1. The third-order valence-corrected chi connectivity index (χ3v) is 8.42. The van der Waals surface area contributed by atoms with Crippen LogP contribution >= 0.6 is 23.2 Å². The normalized spacial score (nSPS) is 20.0. The molecule has 38 heavy (non-hydrogen) atoms. The second-order valence-corrected chi connectivity index (χ2v) is 11.3. The maximum atomic E-state index is 13.7. The average Bonchev–Trinajstić information content (AvgIpc) is 3.30. The van der Waals surface area contributed by atoms with Crippen molar-refractivity contribution in [2.24, 2.45) is 11.8 Å². The lowest BCUT2D eigenvalue weighted by Crippen LogP contribution is -2.43. The van der Waals surface area contributed by atoms with Crippen LogP contribution in [0.15, 0.2) is 78.4 Å². The van der Waals surface area contributed by atoms with Crippen LogP contribution in [0.4, 0.5) is 0 Å². The van der Waals surface area contributed by atoms with Crippen molar-refractivity contribution < 1.29 is 9.59 Å². The first-order chi connectivity index (χ1) is 18.4. The lowest BCUT2D eigenvalue weighted by atomic mass is 9.94. The number of nitrogens with one attached hydrogen (secondary N) is 1. The van der Waals surface area contributed by atoms with Gasteiger partial charge in [-0.1, -0.05) is 72.7 Å². The summed E-state index contributed by atoms with van der Waals surface area (Å²) in [4.78, 5) is 28.4. The third-order valence-electron chi connectivity index (χ3n) is 7.62. The number of carbonyl (C=O) groups excluding carboxylic acids is 2. The molecule has 2 heterocycles. The van der Waals surface area contributed by atoms with Crippen LogP contribution in [-0.4, -0.2) is 46.3 Å². The summed E-state index contributed by atoms with van der Waals surface area (Å²) in [6.45, 7) is 4.44. The summed E-state index contributed by atoms with van der Waals surface area (Å²) in [6.07, 6.45) is 8.39. The van der Waals surface area contributed by atoms with Crippen LogP contribution in [0.3, 0.4) is 0 Å². The molecule has 1 aromatic heterocycles. The molecule has 0 radical (unpaired) electrons. The van der Waals surface area contributed by atoms with Crippen molar-refractivity contribution in [3.8, 4) is 0 Å². The Balaban J connectivity index is 1.20. The molecule has 5 rings (SSSR count). The number of piperidine rings is 1. The molecule has 198 valence electrons. The van der Waals surface area contributed by atoms with Crippen LogP contribution < -0.4 is 5.32 Å². The van der Waals surface area contributed by atoms with Gasteiger partial charge in [-0.25, -0.2) is 0 Å². The molecule has 1 aliphatic heterocycles. The van der Waals surface area contributed by atoms with E-state index in [4.69, 9.17) is 23.2 Å². The smallest absolute Gasteiger partial charge is 0.270 e. The fourth-order valence-electron chi connectivity index (χ4n) is 5.35. The van der Waals surface area contributed by atoms with E-state index in [1.54, 1.807) is 0 Å². The quantitative estimate of drug-likeness (QED) is 0.344. The molecule has 2 aromatic carbocycles. The van der Waals surface area contributed by atoms with Crippen molar-refractivity contribution in [1.82, 2.24) is 14.8 Å². The SMILES string of the molecule is CC1C=C(CCNC(=O)C2CCN(C(=O)c3cc4ccccc4n3Cc3ccc(Cl)cc3)CC2)C=CC1Cl. The summed E-state index contributed by atoms with van der Waals surface area (Å²) < 4.78 is 2.08. The molecule has 0 bridgehead atoms. The highest BCUT2D eigenvalue weighted by Gasteiger charge is 2.29. The predicted octanol–water partition coefficient (Wildman–Crippen LogP) is 6.44. The standard InChI is InChI=1S/C31H33Cl2N3O2/c1-21-18-22(8-11-27(21)33)12-15-34-30(37)24-13-16-35(17-14-24)31(38)29-19-25-4-2-3-5-28(25)36(29)20-23-6-9-26(32)10-7-23/h2-11,18-19,21,24,27H,12-17,20H2,1H3,(H,34,37). The van der Waals surface area contributed by atoms with E-state index in [0.29, 0.717) is 55.7 Å². The van der Waals surface area contributed by atoms with Crippen molar-refractivity contribution >= 4 is 45.9 Å². The number of nitrogens with zero attached hydrogens (tertiary/aromatic N) is 2. The van der Waals surface area contributed by atoms with Gasteiger partial charge >= 0.3 is 0 Å². The Labute approximate surface area is 234 Å². The van der Waals surface area contributed by atoms with E-state index in [0.717, 1.165) is 22.9 Å². The number of aromatic nitrogens is 1. The maximum Gasteiger partial charge on any atom is 0.270 e. The Bertz CT molecular complexity index is 1370. The van der Waals surface area contributed by atoms with E-state index in [1.165, 1.54) is 5.57 Å². The number of benzene rings is 2. The van der Waals surface area contributed by atoms with Crippen LogP contribution in [0.1, 0.15) is 42.2 Å². The lowest BCUT2D eigenvalue weighted by molar-refractivity contribution is -0.126. The number of para-hydroxylation sites is 1. The molecular formula is C31H33Cl2N3O2. The van der Waals surface area contributed by atoms with E-state index >= 15 is 0 Å². The van der Waals surface area contributed by atoms with Crippen molar-refractivity contribution in [3.05, 3.63) is 94.7 Å². The highest BCUT2D eigenvalue weighted by atomic mass is 35.5. The molecular weight excluding hydrogens is 517 g/mol. The minimum Gasteiger partial charge on any atom is -0.356 e. The summed E-state index contributed by atoms with van der Waals surface area (Å²) in [5, 5.41) is 4.87. The van der Waals surface area contributed by atoms with Gasteiger partial charge in [0.25, 0.3) is 5.91 Å². The lowest BCUT2D eigenvalue weighted by Gasteiger charge is -2.31. The molecule has 1 aliphatic carbocycles. The first-order valence-electron chi connectivity index (χ1n) is 13.3. The number of alkyl halides is 1. The maximum absolute atomic E-state index is 13.7. The second-order valence-electron chi connectivity index (χ2n) is 10.3. The topological polar surface area (TPSA) is 54.3 Å². The zero-order chi connectivity index (χ0) is 26.6. The first kappa shape index (κ1) is 26.6. The number of fused-ring (bicyclic) bond motifs is 1. The number of amides is 2. The molecule has 3 aromatic rings. The Morgan fingerprint density at radius 2 is 1.79 bits per heavy atom. The number of hydrogen-bond donors (Lipinski definition) is 1. The molecule has 5 nitrogen and oxygen atoms in total. The average molecular weight is 551 g/mol. The van der Waals surface area contributed by atoms with Crippen LogP contribution in [0.25, 0.3) is 10.9 Å². The number of hydrogen-bond acceptors (Lipinski definition) is 2. The van der Waals surface area contributed by atoms with Gasteiger partial charge in [0.2, 0.25) is 5.91 Å². The highest BCUT2D eigenvalue weighted by Crippen LogP contribution is 2.26. The largest absolute Gasteiger partial charge is 0.356 e. The minimum atomic E-state index is -0.0685. The van der Waals surface area contributed by atoms with Crippen molar-refractivity contribution in [2.45, 2.75) is 38.1 Å². The number of likely N-dealkylation sites (tertiary alicyclic amines) is 1. The number of rotatable bonds is 7. The number of halogens is 2. The first-order valence-corrected chi connectivity index (χ1v) is 14.1. The van der Waals surface area contributed by atoms with E-state index < -0.39 is 0 Å². The minimum absolute atomic E-state index is 0.0109. The van der Waals surface area contributed by atoms with Gasteiger partial charge in [0.15, 0.2) is 0 Å². The Morgan fingerprint density at radius 3 is 2.53 bits per heavy atom. The van der Waals surface area contributed by atoms with Crippen LogP contribution in [-0.2, 0) is 11.3 Å². The number of carbonyl (C=O) groups is 2. The van der Waals surface area contributed by atoms with Gasteiger partial charge in [-0.15, -0.1) is 11.6 Å². The van der Waals surface area contributed by atoms with Crippen LogP contribution in [0, 0.1) is 11.8 Å². The van der Waals surface area contributed by atoms with Gasteiger partial charge < -0.3 is 14.8 Å². The molecule has 2 aliphatic rings. The van der Waals surface area contributed by atoms with E-state index in [2.05, 4.69) is 29.0 Å². The summed E-state index contributed by atoms with van der Waals surface area (Å²) in [7, 11) is 0. The number of allylic oxidation sites excluding steroid dienone is 3. The van der Waals surface area contributed by atoms with E-state index in [1.807, 2.05) is 65.6 Å². The molecule has 2 atom stereocenters. The molecule has 2 unspecified atom stereocenters. The Morgan fingerprint density at radius 1 is 1.05 bits per heavy atom. The highest BCUT2D eigenvalue weighted by molar-refractivity contribution is 6.30. The summed E-state index contributed by atoms with van der Waals surface area (Å²) >= 11 is 12.3. The fraction of sp³-hybridized carbons (Fsp3) is 0.355. The fourth-order valence-corrected chi connectivity index (χ4v) is 5.63. The van der Waals surface area contributed by atoms with E-state index in [-0.39, 0.29) is 23.1 Å². The van der Waals surface area contributed by atoms with Crippen molar-refractivity contribution in [1.29, 1.82) is 0 Å². The molecule has 1 saturated heterocycles. The van der Waals surface area contributed by atoms with Crippen molar-refractivity contribution in [3.63, 3.8) is 0 Å². The van der Waals surface area contributed by atoms with Crippen LogP contribution in [0.2, 0.25) is 5.02 Å².